The SMILES string of the molecule is Cc1ccc(Cl)cc1N(CC(=O)N(Cc1ccc(Cl)cc1Cl)[C@H](Cc1ccccc1)C(=O)NC1CCCC1)S(=O)(=O)c1ccccc1. The Hall–Kier alpha value is -3.56. The molecule has 7 nitrogen and oxygen atoms in total. The Kier molecular flexibility index (Phi) is 11.5. The molecule has 47 heavy (non-hydrogen) atoms. The highest BCUT2D eigenvalue weighted by molar-refractivity contribution is 7.92. The van der Waals surface area contributed by atoms with E-state index in [1.165, 1.54) is 23.1 Å². The lowest BCUT2D eigenvalue weighted by Crippen LogP contribution is -2.54. The number of amides is 2. The fourth-order valence-corrected chi connectivity index (χ4v) is 7.97. The van der Waals surface area contributed by atoms with Crippen LogP contribution in [0.4, 0.5) is 5.69 Å². The van der Waals surface area contributed by atoms with E-state index >= 15 is 0 Å². The number of anilines is 1. The van der Waals surface area contributed by atoms with Crippen LogP contribution >= 0.6 is 34.8 Å². The third-order valence-electron chi connectivity index (χ3n) is 8.38. The van der Waals surface area contributed by atoms with E-state index in [0.29, 0.717) is 26.2 Å². The molecule has 0 aromatic heterocycles. The van der Waals surface area contributed by atoms with E-state index < -0.39 is 28.5 Å². The molecule has 0 unspecified atom stereocenters. The molecule has 0 aliphatic heterocycles. The Balaban J connectivity index is 1.60. The van der Waals surface area contributed by atoms with E-state index in [0.717, 1.165) is 35.6 Å². The molecule has 4 aromatic carbocycles. The first kappa shape index (κ1) is 34.8. The van der Waals surface area contributed by atoms with Crippen LogP contribution in [0.5, 0.6) is 0 Å². The van der Waals surface area contributed by atoms with Gasteiger partial charge in [0.2, 0.25) is 11.8 Å². The van der Waals surface area contributed by atoms with Crippen molar-refractivity contribution in [1.82, 2.24) is 10.2 Å². The highest BCUT2D eigenvalue weighted by Crippen LogP contribution is 2.31. The second kappa shape index (κ2) is 15.6. The summed E-state index contributed by atoms with van der Waals surface area (Å²) in [6, 6.07) is 26.2. The maximum absolute atomic E-state index is 14.7. The fourth-order valence-electron chi connectivity index (χ4n) is 5.84. The van der Waals surface area contributed by atoms with E-state index in [9.17, 15) is 18.0 Å². The minimum atomic E-state index is -4.25. The molecule has 5 rings (SSSR count). The van der Waals surface area contributed by atoms with Crippen molar-refractivity contribution in [3.05, 3.63) is 129 Å². The quantitative estimate of drug-likeness (QED) is 0.162. The molecule has 4 aromatic rings. The zero-order chi connectivity index (χ0) is 33.6. The Morgan fingerprint density at radius 1 is 0.851 bits per heavy atom. The number of aryl methyl sites for hydroxylation is 1. The average molecular weight is 713 g/mol. The summed E-state index contributed by atoms with van der Waals surface area (Å²) in [4.78, 5) is 30.3. The monoisotopic (exact) mass is 711 g/mol. The number of carbonyl (C=O) groups excluding carboxylic acids is 2. The number of carbonyl (C=O) groups is 2. The van der Waals surface area contributed by atoms with Crippen molar-refractivity contribution in [2.75, 3.05) is 10.8 Å². The lowest BCUT2D eigenvalue weighted by atomic mass is 10.0. The molecule has 246 valence electrons. The first-order chi connectivity index (χ1) is 22.5. The molecule has 1 aliphatic rings. The standard InChI is InChI=1S/C36H36Cl3N3O4S/c1-25-16-18-29(38)22-33(25)42(47(45,46)31-14-6-3-7-15-31)24-35(43)41(23-27-17-19-28(37)21-32(27)39)34(20-26-10-4-2-5-11-26)36(44)40-30-12-8-9-13-30/h2-7,10-11,14-19,21-22,30,34H,8-9,12-13,20,23-24H2,1H3,(H,40,44)/t34-/m1/s1. The van der Waals surface area contributed by atoms with Crippen LogP contribution in [0.1, 0.15) is 42.4 Å². The lowest BCUT2D eigenvalue weighted by Gasteiger charge is -2.35. The minimum absolute atomic E-state index is 0.000845. The van der Waals surface area contributed by atoms with Crippen LogP contribution in [-0.2, 0) is 32.6 Å². The highest BCUT2D eigenvalue weighted by atomic mass is 35.5. The molecule has 11 heteroatoms. The van der Waals surface area contributed by atoms with Gasteiger partial charge >= 0.3 is 0 Å². The number of nitrogens with one attached hydrogen (secondary N) is 1. The average Bonchev–Trinajstić information content (AvgIpc) is 3.57. The van der Waals surface area contributed by atoms with Crippen molar-refractivity contribution in [1.29, 1.82) is 0 Å². The van der Waals surface area contributed by atoms with Gasteiger partial charge in [-0.2, -0.15) is 0 Å². The van der Waals surface area contributed by atoms with Crippen LogP contribution in [0, 0.1) is 6.92 Å². The number of hydrogen-bond acceptors (Lipinski definition) is 4. The zero-order valence-corrected chi connectivity index (χ0v) is 29.0. The maximum atomic E-state index is 14.7. The molecule has 0 radical (unpaired) electrons. The molecule has 1 atom stereocenters. The van der Waals surface area contributed by atoms with Crippen molar-refractivity contribution < 1.29 is 18.0 Å². The molecule has 0 heterocycles. The third-order valence-corrected chi connectivity index (χ3v) is 11.0. The molecule has 2 amide bonds. The highest BCUT2D eigenvalue weighted by Gasteiger charge is 2.36. The summed E-state index contributed by atoms with van der Waals surface area (Å²) in [7, 11) is -4.25. The molecule has 0 spiro atoms. The van der Waals surface area contributed by atoms with Crippen LogP contribution in [-0.4, -0.2) is 43.8 Å². The second-order valence-corrected chi connectivity index (χ2v) is 14.9. The van der Waals surface area contributed by atoms with Crippen LogP contribution in [0.25, 0.3) is 0 Å². The summed E-state index contributed by atoms with van der Waals surface area (Å²) in [5.74, 6) is -0.895. The van der Waals surface area contributed by atoms with Crippen molar-refractivity contribution in [2.45, 2.75) is 62.6 Å². The van der Waals surface area contributed by atoms with E-state index in [1.54, 1.807) is 55.5 Å². The Labute approximate surface area is 291 Å². The molecule has 1 saturated carbocycles. The van der Waals surface area contributed by atoms with Gasteiger partial charge < -0.3 is 10.2 Å². The van der Waals surface area contributed by atoms with E-state index in [2.05, 4.69) is 5.32 Å². The fraction of sp³-hybridized carbons (Fsp3) is 0.278. The number of benzene rings is 4. The smallest absolute Gasteiger partial charge is 0.264 e. The third kappa shape index (κ3) is 8.68. The van der Waals surface area contributed by atoms with Crippen molar-refractivity contribution in [3.63, 3.8) is 0 Å². The first-order valence-corrected chi connectivity index (χ1v) is 18.0. The molecule has 1 aliphatic carbocycles. The largest absolute Gasteiger partial charge is 0.352 e. The first-order valence-electron chi connectivity index (χ1n) is 15.4. The molecule has 0 bridgehead atoms. The Morgan fingerprint density at radius 3 is 2.13 bits per heavy atom. The summed E-state index contributed by atoms with van der Waals surface area (Å²) in [5.41, 5.74) is 2.27. The summed E-state index contributed by atoms with van der Waals surface area (Å²) in [6.45, 7) is 1.10. The summed E-state index contributed by atoms with van der Waals surface area (Å²) in [6.07, 6.45) is 3.96. The molecule has 1 N–H and O–H groups in total. The van der Waals surface area contributed by atoms with Gasteiger partial charge in [0.15, 0.2) is 0 Å². The van der Waals surface area contributed by atoms with Crippen LogP contribution in [0.2, 0.25) is 15.1 Å². The summed E-state index contributed by atoms with van der Waals surface area (Å²) >= 11 is 19.2. The summed E-state index contributed by atoms with van der Waals surface area (Å²) in [5, 5.41) is 4.23. The Morgan fingerprint density at radius 2 is 1.47 bits per heavy atom. The Bertz CT molecular complexity index is 1820. The van der Waals surface area contributed by atoms with Gasteiger partial charge in [-0.15, -0.1) is 0 Å². The normalized spacial score (nSPS) is 14.0. The van der Waals surface area contributed by atoms with E-state index in [1.807, 2.05) is 30.3 Å². The predicted molar refractivity (Wildman–Crippen MR) is 189 cm³/mol. The van der Waals surface area contributed by atoms with Gasteiger partial charge in [-0.25, -0.2) is 8.42 Å². The molecule has 0 saturated heterocycles. The van der Waals surface area contributed by atoms with Gasteiger partial charge in [0.25, 0.3) is 10.0 Å². The van der Waals surface area contributed by atoms with Crippen molar-refractivity contribution in [2.24, 2.45) is 0 Å². The maximum Gasteiger partial charge on any atom is 0.264 e. The number of rotatable bonds is 12. The van der Waals surface area contributed by atoms with E-state index in [4.69, 9.17) is 34.8 Å². The molecular weight excluding hydrogens is 677 g/mol. The lowest BCUT2D eigenvalue weighted by molar-refractivity contribution is -0.140. The minimum Gasteiger partial charge on any atom is -0.352 e. The van der Waals surface area contributed by atoms with Gasteiger partial charge in [0.05, 0.1) is 10.6 Å². The number of nitrogens with zero attached hydrogens (tertiary/aromatic N) is 2. The van der Waals surface area contributed by atoms with Crippen LogP contribution in [0.3, 0.4) is 0 Å². The second-order valence-electron chi connectivity index (χ2n) is 11.7. The zero-order valence-electron chi connectivity index (χ0n) is 25.9. The van der Waals surface area contributed by atoms with E-state index in [-0.39, 0.29) is 35.5 Å². The summed E-state index contributed by atoms with van der Waals surface area (Å²) < 4.78 is 29.5. The van der Waals surface area contributed by atoms with Crippen LogP contribution < -0.4 is 9.62 Å². The van der Waals surface area contributed by atoms with Crippen molar-refractivity contribution >= 4 is 62.3 Å². The van der Waals surface area contributed by atoms with Crippen molar-refractivity contribution in [3.8, 4) is 0 Å². The number of halogens is 3. The molecule has 1 fully saturated rings. The topological polar surface area (TPSA) is 86.8 Å². The molecular formula is C36H36Cl3N3O4S. The predicted octanol–water partition coefficient (Wildman–Crippen LogP) is 7.85. The number of sulfonamides is 1. The van der Waals surface area contributed by atoms with Gasteiger partial charge in [-0.05, 0) is 72.9 Å². The van der Waals surface area contributed by atoms with Gasteiger partial charge in [0.1, 0.15) is 12.6 Å². The van der Waals surface area contributed by atoms with Gasteiger partial charge in [-0.3, -0.25) is 13.9 Å². The van der Waals surface area contributed by atoms with Gasteiger partial charge in [-0.1, -0.05) is 108 Å². The van der Waals surface area contributed by atoms with Gasteiger partial charge in [0, 0.05) is 34.1 Å². The van der Waals surface area contributed by atoms with Crippen LogP contribution in [0.15, 0.2) is 102 Å². The number of hydrogen-bond donors (Lipinski definition) is 1.